The predicted molar refractivity (Wildman–Crippen MR) is 75.8 cm³/mol. The van der Waals surface area contributed by atoms with Gasteiger partial charge in [-0.25, -0.2) is 4.68 Å². The van der Waals surface area contributed by atoms with Gasteiger partial charge in [-0.15, -0.1) is 5.10 Å². The monoisotopic (exact) mass is 280 g/mol. The Kier molecular flexibility index (Phi) is 3.93. The summed E-state index contributed by atoms with van der Waals surface area (Å²) in [4.78, 5) is 0.282. The molecule has 1 aromatic carbocycles. The van der Waals surface area contributed by atoms with Gasteiger partial charge in [0.25, 0.3) is 0 Å². The van der Waals surface area contributed by atoms with E-state index in [0.717, 1.165) is 17.7 Å². The van der Waals surface area contributed by atoms with Crippen LogP contribution in [0.5, 0.6) is 0 Å². The van der Waals surface area contributed by atoms with Gasteiger partial charge in [0.2, 0.25) is 0 Å². The lowest BCUT2D eigenvalue weighted by Crippen LogP contribution is -2.14. The van der Waals surface area contributed by atoms with E-state index in [1.165, 1.54) is 0 Å². The van der Waals surface area contributed by atoms with Crippen LogP contribution in [0.25, 0.3) is 0 Å². The molecular weight excluding hydrogens is 268 g/mol. The van der Waals surface area contributed by atoms with Crippen molar-refractivity contribution in [3.63, 3.8) is 0 Å². The van der Waals surface area contributed by atoms with Gasteiger partial charge in [-0.3, -0.25) is 0 Å². The molecule has 0 atom stereocenters. The molecule has 2 N–H and O–H groups in total. The lowest BCUT2D eigenvalue weighted by molar-refractivity contribution is 0.622. The SMILES string of the molecule is CCc1c(C(N)=S)nnn1Cc1cccc(Cl)c1. The second kappa shape index (κ2) is 5.46. The largest absolute Gasteiger partial charge is 0.388 e. The van der Waals surface area contributed by atoms with Crippen LogP contribution < -0.4 is 5.73 Å². The van der Waals surface area contributed by atoms with Gasteiger partial charge in [-0.2, -0.15) is 0 Å². The molecule has 0 aliphatic carbocycles. The van der Waals surface area contributed by atoms with Gasteiger partial charge < -0.3 is 5.73 Å². The fourth-order valence-corrected chi connectivity index (χ4v) is 2.18. The molecular formula is C12H13ClN4S. The van der Waals surface area contributed by atoms with Gasteiger partial charge in [0, 0.05) is 5.02 Å². The molecule has 2 rings (SSSR count). The zero-order chi connectivity index (χ0) is 13.1. The number of nitrogens with zero attached hydrogens (tertiary/aromatic N) is 3. The number of thiocarbonyl (C=S) groups is 1. The van der Waals surface area contributed by atoms with Gasteiger partial charge in [0.15, 0.2) is 0 Å². The number of hydrogen-bond acceptors (Lipinski definition) is 3. The first-order valence-corrected chi connectivity index (χ1v) is 6.37. The van der Waals surface area contributed by atoms with E-state index >= 15 is 0 Å². The number of aromatic nitrogens is 3. The number of hydrogen-bond donors (Lipinski definition) is 1. The highest BCUT2D eigenvalue weighted by Gasteiger charge is 2.13. The Morgan fingerprint density at radius 3 is 2.89 bits per heavy atom. The van der Waals surface area contributed by atoms with Gasteiger partial charge in [0.05, 0.1) is 12.2 Å². The Hall–Kier alpha value is -1.46. The molecule has 1 aromatic heterocycles. The number of rotatable bonds is 4. The summed E-state index contributed by atoms with van der Waals surface area (Å²) in [6, 6.07) is 7.65. The van der Waals surface area contributed by atoms with Crippen molar-refractivity contribution in [3.05, 3.63) is 46.2 Å². The van der Waals surface area contributed by atoms with Gasteiger partial charge in [-0.1, -0.05) is 48.1 Å². The minimum absolute atomic E-state index is 0.282. The molecule has 6 heteroatoms. The third-order valence-electron chi connectivity index (χ3n) is 2.63. The molecule has 0 fully saturated rings. The quantitative estimate of drug-likeness (QED) is 0.872. The van der Waals surface area contributed by atoms with Crippen LogP contribution in [0.2, 0.25) is 5.02 Å². The van der Waals surface area contributed by atoms with Crippen LogP contribution in [-0.2, 0) is 13.0 Å². The van der Waals surface area contributed by atoms with Crippen LogP contribution in [0.3, 0.4) is 0 Å². The van der Waals surface area contributed by atoms with Crippen LogP contribution in [0.4, 0.5) is 0 Å². The second-order valence-electron chi connectivity index (χ2n) is 3.89. The average molecular weight is 281 g/mol. The first-order chi connectivity index (χ1) is 8.61. The van der Waals surface area contributed by atoms with Crippen LogP contribution in [-0.4, -0.2) is 20.0 Å². The molecule has 0 aliphatic rings. The Balaban J connectivity index is 2.32. The molecule has 1 heterocycles. The molecule has 0 aliphatic heterocycles. The summed E-state index contributed by atoms with van der Waals surface area (Å²) in [7, 11) is 0. The molecule has 0 saturated heterocycles. The average Bonchev–Trinajstić information content (AvgIpc) is 2.72. The highest BCUT2D eigenvalue weighted by molar-refractivity contribution is 7.80. The molecule has 18 heavy (non-hydrogen) atoms. The highest BCUT2D eigenvalue weighted by Crippen LogP contribution is 2.14. The molecule has 0 spiro atoms. The molecule has 0 bridgehead atoms. The van der Waals surface area contributed by atoms with Crippen LogP contribution in [0, 0.1) is 0 Å². The zero-order valence-corrected chi connectivity index (χ0v) is 11.5. The predicted octanol–water partition coefficient (Wildman–Crippen LogP) is 2.18. The Bertz CT molecular complexity index is 579. The van der Waals surface area contributed by atoms with E-state index in [-0.39, 0.29) is 4.99 Å². The molecule has 4 nitrogen and oxygen atoms in total. The van der Waals surface area contributed by atoms with E-state index in [0.29, 0.717) is 17.3 Å². The maximum atomic E-state index is 5.95. The Morgan fingerprint density at radius 1 is 1.50 bits per heavy atom. The lowest BCUT2D eigenvalue weighted by atomic mass is 10.2. The third kappa shape index (κ3) is 2.68. The van der Waals surface area contributed by atoms with Crippen LogP contribution >= 0.6 is 23.8 Å². The molecule has 2 aromatic rings. The summed E-state index contributed by atoms with van der Waals surface area (Å²) in [6.45, 7) is 2.63. The smallest absolute Gasteiger partial charge is 0.143 e. The minimum Gasteiger partial charge on any atom is -0.388 e. The topological polar surface area (TPSA) is 56.7 Å². The summed E-state index contributed by atoms with van der Waals surface area (Å²) < 4.78 is 1.81. The van der Waals surface area contributed by atoms with E-state index in [1.807, 2.05) is 31.2 Å². The first kappa shape index (κ1) is 13.0. The Labute approximate surface area is 116 Å². The molecule has 0 amide bonds. The van der Waals surface area contributed by atoms with Crippen molar-refractivity contribution < 1.29 is 0 Å². The number of benzene rings is 1. The van der Waals surface area contributed by atoms with Crippen molar-refractivity contribution >= 4 is 28.8 Å². The molecule has 0 radical (unpaired) electrons. The first-order valence-electron chi connectivity index (χ1n) is 5.58. The van der Waals surface area contributed by atoms with E-state index in [1.54, 1.807) is 4.68 Å². The van der Waals surface area contributed by atoms with E-state index in [9.17, 15) is 0 Å². The van der Waals surface area contributed by atoms with Crippen molar-refractivity contribution in [2.24, 2.45) is 5.73 Å². The number of nitrogens with two attached hydrogens (primary N) is 1. The summed E-state index contributed by atoms with van der Waals surface area (Å²) in [5.74, 6) is 0. The standard InChI is InChI=1S/C12H13ClN4S/c1-2-10-11(12(14)18)15-16-17(10)7-8-4-3-5-9(13)6-8/h3-6H,2,7H2,1H3,(H2,14,18). The third-order valence-corrected chi connectivity index (χ3v) is 3.06. The Morgan fingerprint density at radius 2 is 2.28 bits per heavy atom. The van der Waals surface area contributed by atoms with Crippen molar-refractivity contribution in [1.82, 2.24) is 15.0 Å². The highest BCUT2D eigenvalue weighted by atomic mass is 35.5. The maximum absolute atomic E-state index is 5.95. The second-order valence-corrected chi connectivity index (χ2v) is 4.77. The van der Waals surface area contributed by atoms with Gasteiger partial charge in [0.1, 0.15) is 10.7 Å². The molecule has 94 valence electrons. The van der Waals surface area contributed by atoms with E-state index in [2.05, 4.69) is 10.3 Å². The van der Waals surface area contributed by atoms with E-state index in [4.69, 9.17) is 29.6 Å². The van der Waals surface area contributed by atoms with Crippen molar-refractivity contribution in [1.29, 1.82) is 0 Å². The number of halogens is 1. The van der Waals surface area contributed by atoms with Crippen molar-refractivity contribution in [3.8, 4) is 0 Å². The maximum Gasteiger partial charge on any atom is 0.143 e. The normalized spacial score (nSPS) is 10.6. The van der Waals surface area contributed by atoms with E-state index < -0.39 is 0 Å². The summed E-state index contributed by atoms with van der Waals surface area (Å²) >= 11 is 10.9. The lowest BCUT2D eigenvalue weighted by Gasteiger charge is -2.06. The molecule has 0 saturated carbocycles. The summed E-state index contributed by atoms with van der Waals surface area (Å²) in [5, 5.41) is 8.82. The fraction of sp³-hybridized carbons (Fsp3) is 0.250. The summed E-state index contributed by atoms with van der Waals surface area (Å²) in [5.41, 5.74) is 8.23. The van der Waals surface area contributed by atoms with Crippen LogP contribution in [0.15, 0.2) is 24.3 Å². The minimum atomic E-state index is 0.282. The summed E-state index contributed by atoms with van der Waals surface area (Å²) in [6.07, 6.45) is 0.778. The van der Waals surface area contributed by atoms with Crippen LogP contribution in [0.1, 0.15) is 23.9 Å². The van der Waals surface area contributed by atoms with Gasteiger partial charge >= 0.3 is 0 Å². The molecule has 0 unspecified atom stereocenters. The fourth-order valence-electron chi connectivity index (χ4n) is 1.81. The van der Waals surface area contributed by atoms with Crippen molar-refractivity contribution in [2.75, 3.05) is 0 Å². The zero-order valence-electron chi connectivity index (χ0n) is 9.93. The van der Waals surface area contributed by atoms with Crippen molar-refractivity contribution in [2.45, 2.75) is 19.9 Å². The van der Waals surface area contributed by atoms with Gasteiger partial charge in [-0.05, 0) is 24.1 Å².